The van der Waals surface area contributed by atoms with Crippen LogP contribution in [0.4, 0.5) is 0 Å². The second-order valence-electron chi connectivity index (χ2n) is 7.53. The minimum atomic E-state index is -0.601. The molecule has 4 saturated carbocycles. The average molecular weight is 286 g/mol. The van der Waals surface area contributed by atoms with Gasteiger partial charge in [0.2, 0.25) is 0 Å². The standard InChI is InChI=1S/C18H22O3/c19-16(21-11-13-4-2-1-3-5-13)17-7-14-6-15(8-17)10-18(20,9-14)12-17/h1-5,14-15,20H,6-12H2/t14-,15-,17?,18?/m1/s1. The van der Waals surface area contributed by atoms with Gasteiger partial charge in [0.15, 0.2) is 0 Å². The molecule has 4 aliphatic carbocycles. The highest BCUT2D eigenvalue weighted by atomic mass is 16.5. The Labute approximate surface area is 125 Å². The van der Waals surface area contributed by atoms with Crippen LogP contribution in [0.25, 0.3) is 0 Å². The number of aliphatic hydroxyl groups is 1. The molecule has 112 valence electrons. The third kappa shape index (κ3) is 2.28. The molecule has 3 heteroatoms. The number of carbonyl (C=O) groups is 1. The summed E-state index contributed by atoms with van der Waals surface area (Å²) in [6.07, 6.45) is 5.41. The number of ether oxygens (including phenoxy) is 1. The van der Waals surface area contributed by atoms with Crippen molar-refractivity contribution in [3.63, 3.8) is 0 Å². The van der Waals surface area contributed by atoms with Crippen molar-refractivity contribution >= 4 is 5.97 Å². The normalized spacial score (nSPS) is 40.2. The summed E-state index contributed by atoms with van der Waals surface area (Å²) in [7, 11) is 0. The minimum Gasteiger partial charge on any atom is -0.460 e. The van der Waals surface area contributed by atoms with Gasteiger partial charge in [-0.15, -0.1) is 0 Å². The summed E-state index contributed by atoms with van der Waals surface area (Å²) in [5.74, 6) is 0.944. The third-order valence-electron chi connectivity index (χ3n) is 5.68. The fourth-order valence-corrected chi connectivity index (χ4v) is 5.33. The van der Waals surface area contributed by atoms with Crippen LogP contribution in [-0.2, 0) is 16.1 Å². The van der Waals surface area contributed by atoms with Crippen LogP contribution in [0, 0.1) is 17.3 Å². The molecule has 0 aliphatic heterocycles. The number of benzene rings is 1. The molecule has 0 amide bonds. The first kappa shape index (κ1) is 13.3. The highest BCUT2D eigenvalue weighted by molar-refractivity contribution is 5.77. The number of esters is 1. The van der Waals surface area contributed by atoms with E-state index < -0.39 is 11.0 Å². The van der Waals surface area contributed by atoms with E-state index in [4.69, 9.17) is 4.74 Å². The van der Waals surface area contributed by atoms with Crippen LogP contribution >= 0.6 is 0 Å². The van der Waals surface area contributed by atoms with Gasteiger partial charge in [-0.1, -0.05) is 30.3 Å². The SMILES string of the molecule is O=C(OCc1ccccc1)C12C[C@H]3C[C@@H](CC(O)(C3)C1)C2. The van der Waals surface area contributed by atoms with Gasteiger partial charge in [-0.25, -0.2) is 0 Å². The molecule has 2 atom stereocenters. The van der Waals surface area contributed by atoms with Crippen LogP contribution < -0.4 is 0 Å². The van der Waals surface area contributed by atoms with E-state index in [0.29, 0.717) is 24.9 Å². The zero-order valence-electron chi connectivity index (χ0n) is 12.3. The molecule has 0 spiro atoms. The number of hydrogen-bond acceptors (Lipinski definition) is 3. The van der Waals surface area contributed by atoms with Gasteiger partial charge in [-0.05, 0) is 55.9 Å². The van der Waals surface area contributed by atoms with Crippen LogP contribution in [-0.4, -0.2) is 16.7 Å². The van der Waals surface area contributed by atoms with E-state index >= 15 is 0 Å². The molecule has 21 heavy (non-hydrogen) atoms. The molecule has 1 aromatic rings. The zero-order valence-corrected chi connectivity index (χ0v) is 12.3. The zero-order chi connectivity index (χ0) is 14.5. The lowest BCUT2D eigenvalue weighted by Gasteiger charge is -2.58. The molecular formula is C18H22O3. The second-order valence-corrected chi connectivity index (χ2v) is 7.53. The molecule has 5 rings (SSSR count). The van der Waals surface area contributed by atoms with Crippen LogP contribution in [0.1, 0.15) is 44.1 Å². The van der Waals surface area contributed by atoms with E-state index in [1.807, 2.05) is 30.3 Å². The Hall–Kier alpha value is -1.35. The summed E-state index contributed by atoms with van der Waals surface area (Å²) in [4.78, 5) is 12.7. The first-order valence-electron chi connectivity index (χ1n) is 8.01. The van der Waals surface area contributed by atoms with Crippen LogP contribution in [0.3, 0.4) is 0 Å². The van der Waals surface area contributed by atoms with E-state index in [9.17, 15) is 9.90 Å². The van der Waals surface area contributed by atoms with Crippen molar-refractivity contribution in [2.75, 3.05) is 0 Å². The molecule has 1 aromatic carbocycles. The maximum absolute atomic E-state index is 12.7. The quantitative estimate of drug-likeness (QED) is 0.869. The fraction of sp³-hybridized carbons (Fsp3) is 0.611. The number of carbonyl (C=O) groups excluding carboxylic acids is 1. The van der Waals surface area contributed by atoms with Crippen LogP contribution in [0.15, 0.2) is 30.3 Å². The summed E-state index contributed by atoms with van der Waals surface area (Å²) in [6, 6.07) is 9.81. The molecule has 4 aliphatic rings. The fourth-order valence-electron chi connectivity index (χ4n) is 5.33. The lowest BCUT2D eigenvalue weighted by molar-refractivity contribution is -0.197. The largest absolute Gasteiger partial charge is 0.460 e. The smallest absolute Gasteiger partial charge is 0.312 e. The summed E-state index contributed by atoms with van der Waals surface area (Å²) in [6.45, 7) is 0.342. The Kier molecular flexibility index (Phi) is 2.90. The first-order chi connectivity index (χ1) is 10.1. The van der Waals surface area contributed by atoms with Gasteiger partial charge in [0.1, 0.15) is 6.61 Å². The minimum absolute atomic E-state index is 0.0844. The van der Waals surface area contributed by atoms with Crippen molar-refractivity contribution in [1.82, 2.24) is 0 Å². The Balaban J connectivity index is 1.49. The predicted octanol–water partition coefficient (Wildman–Crippen LogP) is 3.06. The molecule has 0 saturated heterocycles. The Morgan fingerprint density at radius 3 is 2.43 bits per heavy atom. The van der Waals surface area contributed by atoms with E-state index in [2.05, 4.69) is 0 Å². The Morgan fingerprint density at radius 1 is 1.14 bits per heavy atom. The van der Waals surface area contributed by atoms with Gasteiger partial charge in [0.25, 0.3) is 0 Å². The lowest BCUT2D eigenvalue weighted by Crippen LogP contribution is -2.58. The van der Waals surface area contributed by atoms with Crippen molar-refractivity contribution in [3.8, 4) is 0 Å². The van der Waals surface area contributed by atoms with Gasteiger partial charge in [0, 0.05) is 0 Å². The second kappa shape index (κ2) is 4.57. The Bertz CT molecular complexity index is 537. The van der Waals surface area contributed by atoms with Crippen molar-refractivity contribution in [2.45, 2.75) is 50.7 Å². The Morgan fingerprint density at radius 2 is 1.81 bits per heavy atom. The summed E-state index contributed by atoms with van der Waals surface area (Å²) in [5, 5.41) is 10.7. The maximum Gasteiger partial charge on any atom is 0.312 e. The number of rotatable bonds is 3. The van der Waals surface area contributed by atoms with E-state index in [1.54, 1.807) is 0 Å². The lowest BCUT2D eigenvalue weighted by atomic mass is 9.48. The van der Waals surface area contributed by atoms with E-state index in [1.165, 1.54) is 6.42 Å². The summed E-state index contributed by atoms with van der Waals surface area (Å²) < 4.78 is 5.61. The predicted molar refractivity (Wildman–Crippen MR) is 78.3 cm³/mol. The van der Waals surface area contributed by atoms with Gasteiger partial charge in [-0.3, -0.25) is 4.79 Å². The maximum atomic E-state index is 12.7. The molecule has 0 unspecified atom stereocenters. The molecule has 0 radical (unpaired) electrons. The molecule has 4 fully saturated rings. The van der Waals surface area contributed by atoms with Crippen LogP contribution in [0.5, 0.6) is 0 Å². The number of hydrogen-bond donors (Lipinski definition) is 1. The van der Waals surface area contributed by atoms with Gasteiger partial charge >= 0.3 is 5.97 Å². The molecule has 0 heterocycles. The van der Waals surface area contributed by atoms with Crippen molar-refractivity contribution in [1.29, 1.82) is 0 Å². The van der Waals surface area contributed by atoms with Gasteiger partial charge in [-0.2, -0.15) is 0 Å². The highest BCUT2D eigenvalue weighted by Gasteiger charge is 2.60. The average Bonchev–Trinajstić information content (AvgIpc) is 2.43. The first-order valence-corrected chi connectivity index (χ1v) is 8.01. The van der Waals surface area contributed by atoms with Crippen LogP contribution in [0.2, 0.25) is 0 Å². The third-order valence-corrected chi connectivity index (χ3v) is 5.68. The molecule has 0 aromatic heterocycles. The van der Waals surface area contributed by atoms with Gasteiger partial charge < -0.3 is 9.84 Å². The van der Waals surface area contributed by atoms with Crippen molar-refractivity contribution < 1.29 is 14.6 Å². The van der Waals surface area contributed by atoms with E-state index in [0.717, 1.165) is 31.2 Å². The van der Waals surface area contributed by atoms with E-state index in [-0.39, 0.29) is 5.97 Å². The van der Waals surface area contributed by atoms with Crippen molar-refractivity contribution in [2.24, 2.45) is 17.3 Å². The van der Waals surface area contributed by atoms with Gasteiger partial charge in [0.05, 0.1) is 11.0 Å². The highest BCUT2D eigenvalue weighted by Crippen LogP contribution is 2.61. The molecule has 1 N–H and O–H groups in total. The summed E-state index contributed by atoms with van der Waals surface area (Å²) in [5.41, 5.74) is 0.0120. The summed E-state index contributed by atoms with van der Waals surface area (Å²) >= 11 is 0. The molecular weight excluding hydrogens is 264 g/mol. The monoisotopic (exact) mass is 286 g/mol. The molecule has 3 nitrogen and oxygen atoms in total. The molecule has 4 bridgehead atoms. The van der Waals surface area contributed by atoms with Crippen molar-refractivity contribution in [3.05, 3.63) is 35.9 Å². The topological polar surface area (TPSA) is 46.5 Å².